The lowest BCUT2D eigenvalue weighted by Gasteiger charge is -2.08. The Balaban J connectivity index is 1.54. The highest BCUT2D eigenvalue weighted by atomic mass is 14.9. The van der Waals surface area contributed by atoms with Gasteiger partial charge in [-0.1, -0.05) is 66.2 Å². The summed E-state index contributed by atoms with van der Waals surface area (Å²) in [5.74, 6) is 0. The van der Waals surface area contributed by atoms with E-state index in [1.54, 1.807) is 6.20 Å². The smallest absolute Gasteiger partial charge is 0.0958 e. The lowest BCUT2D eigenvalue weighted by atomic mass is 10.1. The maximum Gasteiger partial charge on any atom is 0.0958 e. The highest BCUT2D eigenvalue weighted by molar-refractivity contribution is 6.12. The Hall–Kier alpha value is -4.31. The molecular formula is C28H22N4. The van der Waals surface area contributed by atoms with Crippen LogP contribution in [0.4, 0.5) is 11.4 Å². The molecule has 0 aliphatic carbocycles. The third-order valence-electron chi connectivity index (χ3n) is 5.35. The van der Waals surface area contributed by atoms with Crippen molar-refractivity contribution in [3.63, 3.8) is 0 Å². The van der Waals surface area contributed by atoms with Gasteiger partial charge in [-0.3, -0.25) is 15.0 Å². The van der Waals surface area contributed by atoms with Crippen molar-refractivity contribution in [3.05, 3.63) is 115 Å². The Bertz CT molecular complexity index is 1440. The molecule has 154 valence electrons. The van der Waals surface area contributed by atoms with Crippen LogP contribution in [0.25, 0.3) is 27.4 Å². The van der Waals surface area contributed by atoms with Gasteiger partial charge in [-0.15, -0.1) is 0 Å². The molecule has 2 heterocycles. The van der Waals surface area contributed by atoms with Crippen LogP contribution in [-0.2, 0) is 0 Å². The summed E-state index contributed by atoms with van der Waals surface area (Å²) in [4.78, 5) is 13.8. The van der Waals surface area contributed by atoms with Crippen LogP contribution in [0.2, 0.25) is 0 Å². The van der Waals surface area contributed by atoms with Crippen molar-refractivity contribution in [2.45, 2.75) is 6.92 Å². The summed E-state index contributed by atoms with van der Waals surface area (Å²) in [6.45, 7) is 2.09. The average molecular weight is 415 g/mol. The van der Waals surface area contributed by atoms with Crippen LogP contribution in [0.1, 0.15) is 11.1 Å². The fourth-order valence-corrected chi connectivity index (χ4v) is 3.65. The molecule has 0 radical (unpaired) electrons. The van der Waals surface area contributed by atoms with Gasteiger partial charge in [0.1, 0.15) is 0 Å². The van der Waals surface area contributed by atoms with Gasteiger partial charge in [-0.05, 0) is 36.8 Å². The summed E-state index contributed by atoms with van der Waals surface area (Å²) in [5.41, 5.74) is 6.87. The molecule has 4 nitrogen and oxygen atoms in total. The minimum absolute atomic E-state index is 0.841. The van der Waals surface area contributed by atoms with Gasteiger partial charge in [0.2, 0.25) is 0 Å². The standard InChI is InChI=1S/C28H22N4/c1-20-12-14-21(15-13-20)24(18-31-25-10-2-6-22-8-4-16-29-27(22)25)19-32-26-11-3-7-23-9-5-17-30-28(23)26/h2-19,31H,1H3. The Labute approximate surface area is 187 Å². The van der Waals surface area contributed by atoms with Crippen LogP contribution in [0.5, 0.6) is 0 Å². The Morgan fingerprint density at radius 3 is 2.19 bits per heavy atom. The predicted octanol–water partition coefficient (Wildman–Crippen LogP) is 6.95. The molecule has 5 rings (SSSR count). The number of aryl methyl sites for hydroxylation is 1. The van der Waals surface area contributed by atoms with Gasteiger partial charge in [0.15, 0.2) is 0 Å². The van der Waals surface area contributed by atoms with Crippen LogP contribution in [0.15, 0.2) is 109 Å². The van der Waals surface area contributed by atoms with E-state index in [1.807, 2.05) is 67.1 Å². The van der Waals surface area contributed by atoms with Crippen LogP contribution in [-0.4, -0.2) is 16.2 Å². The van der Waals surface area contributed by atoms with Gasteiger partial charge in [0.25, 0.3) is 0 Å². The number of pyridine rings is 2. The number of anilines is 1. The fraction of sp³-hybridized carbons (Fsp3) is 0.0357. The van der Waals surface area contributed by atoms with Gasteiger partial charge in [0.05, 0.1) is 22.4 Å². The Morgan fingerprint density at radius 2 is 1.41 bits per heavy atom. The van der Waals surface area contributed by atoms with Crippen molar-refractivity contribution >= 4 is 45.0 Å². The number of aromatic nitrogens is 2. The van der Waals surface area contributed by atoms with Crippen LogP contribution >= 0.6 is 0 Å². The number of hydrogen-bond donors (Lipinski definition) is 1. The third-order valence-corrected chi connectivity index (χ3v) is 5.35. The average Bonchev–Trinajstić information content (AvgIpc) is 2.85. The molecule has 3 aromatic carbocycles. The SMILES string of the molecule is Cc1ccc(C(C=Nc2cccc3cccnc23)=CNc2cccc3cccnc23)cc1. The molecule has 0 spiro atoms. The lowest BCUT2D eigenvalue weighted by Crippen LogP contribution is -1.95. The third kappa shape index (κ3) is 4.12. The number of allylic oxidation sites excluding steroid dienone is 1. The zero-order valence-corrected chi connectivity index (χ0v) is 17.7. The van der Waals surface area contributed by atoms with Crippen LogP contribution < -0.4 is 5.32 Å². The van der Waals surface area contributed by atoms with E-state index >= 15 is 0 Å². The molecule has 1 N–H and O–H groups in total. The summed E-state index contributed by atoms with van der Waals surface area (Å²) < 4.78 is 0. The first-order valence-corrected chi connectivity index (χ1v) is 10.5. The molecule has 0 aliphatic rings. The topological polar surface area (TPSA) is 50.2 Å². The Kier molecular flexibility index (Phi) is 5.41. The van der Waals surface area contributed by atoms with Crippen LogP contribution in [0.3, 0.4) is 0 Å². The van der Waals surface area contributed by atoms with Crippen LogP contribution in [0, 0.1) is 6.92 Å². The van der Waals surface area contributed by atoms with Crippen molar-refractivity contribution < 1.29 is 0 Å². The maximum absolute atomic E-state index is 4.80. The second-order valence-corrected chi connectivity index (χ2v) is 7.60. The molecule has 2 aromatic heterocycles. The van der Waals surface area contributed by atoms with Crippen molar-refractivity contribution in [1.29, 1.82) is 0 Å². The van der Waals surface area contributed by atoms with Gasteiger partial charge >= 0.3 is 0 Å². The Morgan fingerprint density at radius 1 is 0.750 bits per heavy atom. The minimum Gasteiger partial charge on any atom is -0.359 e. The van der Waals surface area contributed by atoms with E-state index in [0.717, 1.165) is 44.3 Å². The number of fused-ring (bicyclic) bond motifs is 2. The number of para-hydroxylation sites is 2. The monoisotopic (exact) mass is 414 g/mol. The van der Waals surface area contributed by atoms with Gasteiger partial charge in [-0.25, -0.2) is 0 Å². The molecule has 5 aromatic rings. The summed E-state index contributed by atoms with van der Waals surface area (Å²) in [5, 5.41) is 5.61. The highest BCUT2D eigenvalue weighted by Gasteiger charge is 2.04. The minimum atomic E-state index is 0.841. The number of hydrogen-bond acceptors (Lipinski definition) is 4. The molecule has 0 bridgehead atoms. The van der Waals surface area contributed by atoms with Crippen molar-refractivity contribution in [3.8, 4) is 0 Å². The first-order chi connectivity index (χ1) is 15.8. The lowest BCUT2D eigenvalue weighted by molar-refractivity contribution is 1.39. The zero-order chi connectivity index (χ0) is 21.8. The quantitative estimate of drug-likeness (QED) is 0.317. The fourth-order valence-electron chi connectivity index (χ4n) is 3.65. The zero-order valence-electron chi connectivity index (χ0n) is 17.7. The van der Waals surface area contributed by atoms with Crippen molar-refractivity contribution in [2.75, 3.05) is 5.32 Å². The van der Waals surface area contributed by atoms with Gasteiger partial charge < -0.3 is 5.32 Å². The van der Waals surface area contributed by atoms with E-state index in [9.17, 15) is 0 Å². The first kappa shape index (κ1) is 19.6. The van der Waals surface area contributed by atoms with E-state index in [0.29, 0.717) is 0 Å². The molecule has 0 aliphatic heterocycles. The second kappa shape index (κ2) is 8.82. The van der Waals surface area contributed by atoms with Crippen molar-refractivity contribution in [1.82, 2.24) is 9.97 Å². The number of rotatable bonds is 5. The summed E-state index contributed by atoms with van der Waals surface area (Å²) in [6, 6.07) is 28.6. The number of aliphatic imine (C=N–C) groups is 1. The predicted molar refractivity (Wildman–Crippen MR) is 134 cm³/mol. The molecule has 0 amide bonds. The molecule has 32 heavy (non-hydrogen) atoms. The summed E-state index contributed by atoms with van der Waals surface area (Å²) in [7, 11) is 0. The molecule has 0 fully saturated rings. The maximum atomic E-state index is 4.80. The summed E-state index contributed by atoms with van der Waals surface area (Å²) >= 11 is 0. The number of nitrogens with zero attached hydrogens (tertiary/aromatic N) is 3. The highest BCUT2D eigenvalue weighted by Crippen LogP contribution is 2.25. The molecule has 0 saturated heterocycles. The van der Waals surface area contributed by atoms with E-state index in [2.05, 4.69) is 58.6 Å². The number of benzene rings is 3. The van der Waals surface area contributed by atoms with Crippen molar-refractivity contribution in [2.24, 2.45) is 4.99 Å². The molecule has 0 unspecified atom stereocenters. The van der Waals surface area contributed by atoms with E-state index < -0.39 is 0 Å². The van der Waals surface area contributed by atoms with E-state index in [-0.39, 0.29) is 0 Å². The second-order valence-electron chi connectivity index (χ2n) is 7.60. The van der Waals surface area contributed by atoms with Gasteiger partial charge in [-0.2, -0.15) is 0 Å². The largest absolute Gasteiger partial charge is 0.359 e. The molecule has 0 saturated carbocycles. The summed E-state index contributed by atoms with van der Waals surface area (Å²) in [6.07, 6.45) is 7.48. The van der Waals surface area contributed by atoms with E-state index in [4.69, 9.17) is 4.99 Å². The molecule has 4 heteroatoms. The molecular weight excluding hydrogens is 392 g/mol. The van der Waals surface area contributed by atoms with Gasteiger partial charge in [0, 0.05) is 41.2 Å². The van der Waals surface area contributed by atoms with E-state index in [1.165, 1.54) is 5.56 Å². The first-order valence-electron chi connectivity index (χ1n) is 10.5. The normalized spacial score (nSPS) is 12.0. The molecule has 0 atom stereocenters. The number of nitrogens with one attached hydrogen (secondary N) is 1.